The predicted molar refractivity (Wildman–Crippen MR) is 50.7 cm³/mol. The van der Waals surface area contributed by atoms with Crippen molar-refractivity contribution in [3.8, 4) is 0 Å². The first kappa shape index (κ1) is 8.70. The topological polar surface area (TPSA) is 26.0 Å². The summed E-state index contributed by atoms with van der Waals surface area (Å²) in [5.41, 5.74) is 7.29. The number of halogens is 1. The Labute approximate surface area is 77.8 Å². The standard InChI is InChI=1S/C11H14FN/c12-11-4-3-9(5-8-1-2-8)6-10(11)7-13/h3-4,6,8H,1-2,5,7,13H2. The Bertz CT molecular complexity index is 305. The zero-order chi connectivity index (χ0) is 9.26. The summed E-state index contributed by atoms with van der Waals surface area (Å²) in [6.45, 7) is 0.296. The van der Waals surface area contributed by atoms with Crippen LogP contribution in [-0.2, 0) is 13.0 Å². The van der Waals surface area contributed by atoms with Crippen LogP contribution in [0.3, 0.4) is 0 Å². The molecule has 0 atom stereocenters. The van der Waals surface area contributed by atoms with Gasteiger partial charge in [0.15, 0.2) is 0 Å². The molecule has 1 aromatic rings. The SMILES string of the molecule is NCc1cc(CC2CC2)ccc1F. The van der Waals surface area contributed by atoms with Crippen LogP contribution in [0.15, 0.2) is 18.2 Å². The second-order valence-electron chi connectivity index (χ2n) is 3.78. The van der Waals surface area contributed by atoms with Crippen molar-refractivity contribution < 1.29 is 4.39 Å². The van der Waals surface area contributed by atoms with Crippen LogP contribution in [0.25, 0.3) is 0 Å². The molecule has 1 fully saturated rings. The molecule has 0 heterocycles. The molecule has 2 heteroatoms. The van der Waals surface area contributed by atoms with E-state index in [1.54, 1.807) is 0 Å². The van der Waals surface area contributed by atoms with E-state index in [4.69, 9.17) is 5.73 Å². The summed E-state index contributed by atoms with van der Waals surface area (Å²) >= 11 is 0. The Balaban J connectivity index is 2.16. The Morgan fingerprint density at radius 2 is 2.15 bits per heavy atom. The lowest BCUT2D eigenvalue weighted by molar-refractivity contribution is 0.609. The zero-order valence-electron chi connectivity index (χ0n) is 7.59. The lowest BCUT2D eigenvalue weighted by Gasteiger charge is -2.03. The molecule has 13 heavy (non-hydrogen) atoms. The molecule has 0 bridgehead atoms. The molecule has 2 rings (SSSR count). The minimum Gasteiger partial charge on any atom is -0.326 e. The molecule has 0 spiro atoms. The first-order valence-electron chi connectivity index (χ1n) is 4.77. The van der Waals surface area contributed by atoms with Gasteiger partial charge in [-0.25, -0.2) is 4.39 Å². The second kappa shape index (κ2) is 3.46. The first-order chi connectivity index (χ1) is 6.29. The minimum atomic E-state index is -0.179. The molecule has 70 valence electrons. The lowest BCUT2D eigenvalue weighted by Crippen LogP contribution is -2.01. The van der Waals surface area contributed by atoms with Crippen molar-refractivity contribution >= 4 is 0 Å². The van der Waals surface area contributed by atoms with Crippen LogP contribution >= 0.6 is 0 Å². The van der Waals surface area contributed by atoms with Gasteiger partial charge >= 0.3 is 0 Å². The zero-order valence-corrected chi connectivity index (χ0v) is 7.59. The molecular weight excluding hydrogens is 165 g/mol. The molecule has 2 N–H and O–H groups in total. The highest BCUT2D eigenvalue weighted by Crippen LogP contribution is 2.32. The van der Waals surface area contributed by atoms with Crippen molar-refractivity contribution in [2.45, 2.75) is 25.8 Å². The van der Waals surface area contributed by atoms with E-state index in [1.165, 1.54) is 24.5 Å². The fourth-order valence-corrected chi connectivity index (χ4v) is 1.57. The molecule has 1 aliphatic carbocycles. The number of hydrogen-bond acceptors (Lipinski definition) is 1. The van der Waals surface area contributed by atoms with Crippen LogP contribution in [0.5, 0.6) is 0 Å². The fourth-order valence-electron chi connectivity index (χ4n) is 1.57. The van der Waals surface area contributed by atoms with Gasteiger partial charge in [-0.15, -0.1) is 0 Å². The van der Waals surface area contributed by atoms with E-state index in [0.717, 1.165) is 12.3 Å². The summed E-state index contributed by atoms with van der Waals surface area (Å²) in [7, 11) is 0. The van der Waals surface area contributed by atoms with E-state index in [0.29, 0.717) is 12.1 Å². The quantitative estimate of drug-likeness (QED) is 0.756. The molecular formula is C11H14FN. The van der Waals surface area contributed by atoms with Crippen LogP contribution in [0.2, 0.25) is 0 Å². The van der Waals surface area contributed by atoms with Gasteiger partial charge in [0.25, 0.3) is 0 Å². The maximum Gasteiger partial charge on any atom is 0.127 e. The Morgan fingerprint density at radius 1 is 1.38 bits per heavy atom. The molecule has 0 aliphatic heterocycles. The summed E-state index contributed by atoms with van der Waals surface area (Å²) in [4.78, 5) is 0. The normalized spacial score (nSPS) is 16.2. The van der Waals surface area contributed by atoms with Gasteiger partial charge in [-0.05, 0) is 36.8 Å². The summed E-state index contributed by atoms with van der Waals surface area (Å²) < 4.78 is 13.0. The van der Waals surface area contributed by atoms with E-state index in [1.807, 2.05) is 12.1 Å². The third-order valence-electron chi connectivity index (χ3n) is 2.55. The number of hydrogen-bond donors (Lipinski definition) is 1. The van der Waals surface area contributed by atoms with Crippen LogP contribution in [-0.4, -0.2) is 0 Å². The van der Waals surface area contributed by atoms with E-state index >= 15 is 0 Å². The highest BCUT2D eigenvalue weighted by Gasteiger charge is 2.21. The third-order valence-corrected chi connectivity index (χ3v) is 2.55. The fraction of sp³-hybridized carbons (Fsp3) is 0.455. The van der Waals surface area contributed by atoms with Crippen molar-refractivity contribution in [3.05, 3.63) is 35.1 Å². The average molecular weight is 179 g/mol. The number of nitrogens with two attached hydrogens (primary N) is 1. The average Bonchev–Trinajstić information content (AvgIpc) is 2.92. The predicted octanol–water partition coefficient (Wildman–Crippen LogP) is 2.24. The minimum absolute atomic E-state index is 0.179. The Morgan fingerprint density at radius 3 is 2.77 bits per heavy atom. The molecule has 1 nitrogen and oxygen atoms in total. The largest absolute Gasteiger partial charge is 0.326 e. The van der Waals surface area contributed by atoms with E-state index < -0.39 is 0 Å². The number of rotatable bonds is 3. The van der Waals surface area contributed by atoms with Crippen LogP contribution < -0.4 is 5.73 Å². The van der Waals surface area contributed by atoms with Gasteiger partial charge in [-0.1, -0.05) is 12.1 Å². The van der Waals surface area contributed by atoms with E-state index in [9.17, 15) is 4.39 Å². The van der Waals surface area contributed by atoms with Gasteiger partial charge in [0, 0.05) is 12.1 Å². The molecule has 1 aliphatic rings. The van der Waals surface area contributed by atoms with Crippen molar-refractivity contribution in [2.24, 2.45) is 11.7 Å². The molecule has 0 radical (unpaired) electrons. The van der Waals surface area contributed by atoms with Crippen LogP contribution in [0, 0.1) is 11.7 Å². The summed E-state index contributed by atoms with van der Waals surface area (Å²) in [6, 6.07) is 5.29. The molecule has 0 amide bonds. The molecule has 1 aromatic carbocycles. The second-order valence-corrected chi connectivity index (χ2v) is 3.78. The van der Waals surface area contributed by atoms with E-state index in [-0.39, 0.29) is 5.82 Å². The van der Waals surface area contributed by atoms with Crippen molar-refractivity contribution in [1.29, 1.82) is 0 Å². The highest BCUT2D eigenvalue weighted by atomic mass is 19.1. The maximum absolute atomic E-state index is 13.0. The van der Waals surface area contributed by atoms with Crippen molar-refractivity contribution in [3.63, 3.8) is 0 Å². The Kier molecular flexibility index (Phi) is 2.32. The summed E-state index contributed by atoms with van der Waals surface area (Å²) in [5.74, 6) is 0.665. The van der Waals surface area contributed by atoms with Gasteiger partial charge in [0.05, 0.1) is 0 Å². The van der Waals surface area contributed by atoms with Gasteiger partial charge in [-0.2, -0.15) is 0 Å². The van der Waals surface area contributed by atoms with Gasteiger partial charge in [-0.3, -0.25) is 0 Å². The first-order valence-corrected chi connectivity index (χ1v) is 4.77. The molecule has 1 saturated carbocycles. The van der Waals surface area contributed by atoms with Crippen LogP contribution in [0.4, 0.5) is 4.39 Å². The van der Waals surface area contributed by atoms with E-state index in [2.05, 4.69) is 0 Å². The monoisotopic (exact) mass is 179 g/mol. The summed E-state index contributed by atoms with van der Waals surface area (Å²) in [6.07, 6.45) is 3.75. The van der Waals surface area contributed by atoms with Gasteiger partial charge in [0.1, 0.15) is 5.82 Å². The highest BCUT2D eigenvalue weighted by molar-refractivity contribution is 5.25. The van der Waals surface area contributed by atoms with Crippen LogP contribution in [0.1, 0.15) is 24.0 Å². The smallest absolute Gasteiger partial charge is 0.127 e. The maximum atomic E-state index is 13.0. The number of benzene rings is 1. The lowest BCUT2D eigenvalue weighted by atomic mass is 10.1. The van der Waals surface area contributed by atoms with Crippen molar-refractivity contribution in [1.82, 2.24) is 0 Å². The summed E-state index contributed by atoms with van der Waals surface area (Å²) in [5, 5.41) is 0. The molecule has 0 aromatic heterocycles. The third kappa shape index (κ3) is 2.07. The molecule has 0 saturated heterocycles. The molecule has 0 unspecified atom stereocenters. The van der Waals surface area contributed by atoms with Crippen molar-refractivity contribution in [2.75, 3.05) is 0 Å². The van der Waals surface area contributed by atoms with Gasteiger partial charge in [0.2, 0.25) is 0 Å². The Hall–Kier alpha value is -0.890. The van der Waals surface area contributed by atoms with Gasteiger partial charge < -0.3 is 5.73 Å².